The molecule has 1 aliphatic heterocycles. The molecule has 2 unspecified atom stereocenters. The zero-order valence-electron chi connectivity index (χ0n) is 11.9. The van der Waals surface area contributed by atoms with E-state index in [0.29, 0.717) is 11.8 Å². The van der Waals surface area contributed by atoms with Crippen LogP contribution in [0.3, 0.4) is 0 Å². The summed E-state index contributed by atoms with van der Waals surface area (Å²) in [4.78, 5) is 4.72. The summed E-state index contributed by atoms with van der Waals surface area (Å²) >= 11 is 0. The Kier molecular flexibility index (Phi) is 4.16. The lowest BCUT2D eigenvalue weighted by molar-refractivity contribution is 0.292. The monoisotopic (exact) mass is 263 g/mol. The quantitative estimate of drug-likeness (QED) is 0.909. The SMILES string of the molecule is CCC1CCCC(c2noc(C3CCNCC3)n2)C1. The van der Waals surface area contributed by atoms with E-state index in [9.17, 15) is 0 Å². The van der Waals surface area contributed by atoms with Gasteiger partial charge in [0, 0.05) is 11.8 Å². The Morgan fingerprint density at radius 1 is 1.16 bits per heavy atom. The molecule has 1 aromatic rings. The molecule has 1 aliphatic carbocycles. The summed E-state index contributed by atoms with van der Waals surface area (Å²) in [6.45, 7) is 4.44. The van der Waals surface area contributed by atoms with Crippen LogP contribution in [-0.2, 0) is 0 Å². The van der Waals surface area contributed by atoms with E-state index in [1.807, 2.05) is 0 Å². The lowest BCUT2D eigenvalue weighted by atomic mass is 9.80. The molecule has 4 heteroatoms. The van der Waals surface area contributed by atoms with Gasteiger partial charge in [-0.15, -0.1) is 0 Å². The van der Waals surface area contributed by atoms with Crippen molar-refractivity contribution in [2.75, 3.05) is 13.1 Å². The maximum absolute atomic E-state index is 5.54. The van der Waals surface area contributed by atoms with Crippen molar-refractivity contribution in [3.63, 3.8) is 0 Å². The number of hydrogen-bond donors (Lipinski definition) is 1. The highest BCUT2D eigenvalue weighted by Crippen LogP contribution is 2.37. The van der Waals surface area contributed by atoms with Crippen LogP contribution in [0.25, 0.3) is 0 Å². The standard InChI is InChI=1S/C15H25N3O/c1-2-11-4-3-5-13(10-11)14-17-15(19-18-14)12-6-8-16-9-7-12/h11-13,16H,2-10H2,1H3. The molecule has 4 nitrogen and oxygen atoms in total. The summed E-state index contributed by atoms with van der Waals surface area (Å²) in [5.74, 6) is 3.74. The number of nitrogens with zero attached hydrogens (tertiary/aromatic N) is 2. The van der Waals surface area contributed by atoms with Crippen LogP contribution in [0, 0.1) is 5.92 Å². The Balaban J connectivity index is 1.66. The van der Waals surface area contributed by atoms with E-state index in [1.54, 1.807) is 0 Å². The third-order valence-corrected chi connectivity index (χ3v) is 4.87. The molecule has 0 aromatic carbocycles. The molecule has 0 radical (unpaired) electrons. The summed E-state index contributed by atoms with van der Waals surface area (Å²) in [6.07, 6.45) is 8.74. The van der Waals surface area contributed by atoms with E-state index < -0.39 is 0 Å². The number of hydrogen-bond acceptors (Lipinski definition) is 4. The largest absolute Gasteiger partial charge is 0.339 e. The average molecular weight is 263 g/mol. The minimum atomic E-state index is 0.480. The van der Waals surface area contributed by atoms with Gasteiger partial charge in [0.2, 0.25) is 5.89 Å². The fourth-order valence-corrected chi connectivity index (χ4v) is 3.54. The first-order valence-corrected chi connectivity index (χ1v) is 7.91. The number of aromatic nitrogens is 2. The molecule has 0 bridgehead atoms. The van der Waals surface area contributed by atoms with Crippen molar-refractivity contribution >= 4 is 0 Å². The molecule has 1 saturated heterocycles. The van der Waals surface area contributed by atoms with Crippen LogP contribution < -0.4 is 5.32 Å². The minimum Gasteiger partial charge on any atom is -0.339 e. The van der Waals surface area contributed by atoms with Crippen LogP contribution in [0.4, 0.5) is 0 Å². The second-order valence-electron chi connectivity index (χ2n) is 6.15. The van der Waals surface area contributed by atoms with Crippen molar-refractivity contribution in [2.45, 2.75) is 63.7 Å². The molecule has 2 fully saturated rings. The van der Waals surface area contributed by atoms with Gasteiger partial charge >= 0.3 is 0 Å². The van der Waals surface area contributed by atoms with Crippen LogP contribution in [0.1, 0.15) is 75.4 Å². The van der Waals surface area contributed by atoms with Crippen molar-refractivity contribution in [2.24, 2.45) is 5.92 Å². The zero-order chi connectivity index (χ0) is 13.1. The maximum atomic E-state index is 5.54. The molecular weight excluding hydrogens is 238 g/mol. The molecule has 1 saturated carbocycles. The van der Waals surface area contributed by atoms with Crippen LogP contribution in [0.5, 0.6) is 0 Å². The van der Waals surface area contributed by atoms with E-state index in [2.05, 4.69) is 17.4 Å². The van der Waals surface area contributed by atoms with Gasteiger partial charge in [0.15, 0.2) is 5.82 Å². The highest BCUT2D eigenvalue weighted by molar-refractivity contribution is 5.02. The van der Waals surface area contributed by atoms with Crippen LogP contribution in [0.2, 0.25) is 0 Å². The number of piperidine rings is 1. The maximum Gasteiger partial charge on any atom is 0.229 e. The smallest absolute Gasteiger partial charge is 0.229 e. The predicted molar refractivity (Wildman–Crippen MR) is 74.1 cm³/mol. The molecule has 0 amide bonds. The van der Waals surface area contributed by atoms with E-state index in [-0.39, 0.29) is 0 Å². The van der Waals surface area contributed by atoms with Gasteiger partial charge < -0.3 is 9.84 Å². The van der Waals surface area contributed by atoms with Gasteiger partial charge in [0.1, 0.15) is 0 Å². The number of rotatable bonds is 3. The molecule has 2 atom stereocenters. The molecule has 2 heterocycles. The summed E-state index contributed by atoms with van der Waals surface area (Å²) < 4.78 is 5.54. The van der Waals surface area contributed by atoms with Gasteiger partial charge in [-0.2, -0.15) is 4.98 Å². The lowest BCUT2D eigenvalue weighted by Gasteiger charge is -2.26. The van der Waals surface area contributed by atoms with E-state index in [4.69, 9.17) is 9.51 Å². The predicted octanol–water partition coefficient (Wildman–Crippen LogP) is 3.22. The molecule has 2 aliphatic rings. The highest BCUT2D eigenvalue weighted by atomic mass is 16.5. The third-order valence-electron chi connectivity index (χ3n) is 4.87. The van der Waals surface area contributed by atoms with Gasteiger partial charge in [-0.3, -0.25) is 0 Å². The van der Waals surface area contributed by atoms with Crippen molar-refractivity contribution in [3.8, 4) is 0 Å². The normalized spacial score (nSPS) is 29.5. The first-order valence-electron chi connectivity index (χ1n) is 7.91. The second-order valence-corrected chi connectivity index (χ2v) is 6.15. The van der Waals surface area contributed by atoms with Crippen molar-refractivity contribution in [1.29, 1.82) is 0 Å². The molecule has 19 heavy (non-hydrogen) atoms. The van der Waals surface area contributed by atoms with Gasteiger partial charge in [-0.25, -0.2) is 0 Å². The Morgan fingerprint density at radius 3 is 2.79 bits per heavy atom. The van der Waals surface area contributed by atoms with E-state index in [0.717, 1.165) is 43.6 Å². The Hall–Kier alpha value is -0.900. The first-order chi connectivity index (χ1) is 9.36. The van der Waals surface area contributed by atoms with Gasteiger partial charge in [-0.1, -0.05) is 31.3 Å². The van der Waals surface area contributed by atoms with Gasteiger partial charge in [0.25, 0.3) is 0 Å². The van der Waals surface area contributed by atoms with E-state index >= 15 is 0 Å². The van der Waals surface area contributed by atoms with Crippen LogP contribution in [-0.4, -0.2) is 23.2 Å². The summed E-state index contributed by atoms with van der Waals surface area (Å²) in [6, 6.07) is 0. The molecule has 0 spiro atoms. The molecule has 3 rings (SSSR count). The number of nitrogens with one attached hydrogen (secondary N) is 1. The van der Waals surface area contributed by atoms with Crippen molar-refractivity contribution in [3.05, 3.63) is 11.7 Å². The average Bonchev–Trinajstić information content (AvgIpc) is 2.98. The molecule has 1 N–H and O–H groups in total. The van der Waals surface area contributed by atoms with Gasteiger partial charge in [-0.05, 0) is 44.7 Å². The Labute approximate surface area is 115 Å². The fraction of sp³-hybridized carbons (Fsp3) is 0.867. The highest BCUT2D eigenvalue weighted by Gasteiger charge is 2.28. The van der Waals surface area contributed by atoms with Crippen LogP contribution >= 0.6 is 0 Å². The van der Waals surface area contributed by atoms with Crippen LogP contribution in [0.15, 0.2) is 4.52 Å². The summed E-state index contributed by atoms with van der Waals surface area (Å²) in [5.41, 5.74) is 0. The van der Waals surface area contributed by atoms with Crippen molar-refractivity contribution in [1.82, 2.24) is 15.5 Å². The second kappa shape index (κ2) is 6.04. The Bertz CT molecular complexity index is 398. The molecule has 1 aromatic heterocycles. The topological polar surface area (TPSA) is 51.0 Å². The van der Waals surface area contributed by atoms with Crippen molar-refractivity contribution < 1.29 is 4.52 Å². The minimum absolute atomic E-state index is 0.480. The molecular formula is C15H25N3O. The third kappa shape index (κ3) is 2.99. The van der Waals surface area contributed by atoms with E-state index in [1.165, 1.54) is 32.1 Å². The fourth-order valence-electron chi connectivity index (χ4n) is 3.54. The zero-order valence-corrected chi connectivity index (χ0v) is 11.9. The molecule has 106 valence electrons. The first kappa shape index (κ1) is 13.1. The lowest BCUT2D eigenvalue weighted by Crippen LogP contribution is -2.26. The summed E-state index contributed by atoms with van der Waals surface area (Å²) in [7, 11) is 0. The summed E-state index contributed by atoms with van der Waals surface area (Å²) in [5, 5.41) is 7.66. The van der Waals surface area contributed by atoms with Gasteiger partial charge in [0.05, 0.1) is 0 Å². The Morgan fingerprint density at radius 2 is 2.00 bits per heavy atom.